The van der Waals surface area contributed by atoms with Crippen LogP contribution in [0.15, 0.2) is 30.7 Å². The molecule has 3 aliphatic carbocycles. The van der Waals surface area contributed by atoms with Crippen molar-refractivity contribution >= 4 is 22.5 Å². The number of benzene rings is 1. The molecule has 7 heteroatoms. The van der Waals surface area contributed by atoms with Crippen LogP contribution in [0.5, 0.6) is 0 Å². The van der Waals surface area contributed by atoms with E-state index < -0.39 is 11.7 Å². The van der Waals surface area contributed by atoms with Crippen molar-refractivity contribution in [2.75, 3.05) is 6.54 Å². The zero-order valence-electron chi connectivity index (χ0n) is 16.6. The second-order valence-corrected chi connectivity index (χ2v) is 8.72. The van der Waals surface area contributed by atoms with Crippen LogP contribution in [-0.2, 0) is 6.42 Å². The lowest BCUT2D eigenvalue weighted by atomic mass is 9.49. The van der Waals surface area contributed by atoms with Crippen LogP contribution in [0, 0.1) is 23.1 Å². The number of imidazole rings is 2. The zero-order chi connectivity index (χ0) is 20.2. The van der Waals surface area contributed by atoms with Crippen LogP contribution in [0.2, 0.25) is 0 Å². The zero-order valence-corrected chi connectivity index (χ0v) is 16.6. The largest absolute Gasteiger partial charge is 0.352 e. The average molecular weight is 393 g/mol. The monoisotopic (exact) mass is 393 g/mol. The molecule has 1 aromatic carbocycles. The normalized spacial score (nSPS) is 22.2. The van der Waals surface area contributed by atoms with Crippen molar-refractivity contribution in [1.82, 2.24) is 25.3 Å². The van der Waals surface area contributed by atoms with Gasteiger partial charge in [0.25, 0.3) is 5.91 Å². The Hall–Kier alpha value is -2.96. The number of fused-ring (bicyclic) bond motifs is 2. The predicted molar refractivity (Wildman–Crippen MR) is 109 cm³/mol. The van der Waals surface area contributed by atoms with E-state index in [1.54, 1.807) is 12.5 Å². The lowest BCUT2D eigenvalue weighted by molar-refractivity contribution is 0.0109. The lowest BCUT2D eigenvalue weighted by Gasteiger charge is -2.56. The smallest absolute Gasteiger partial charge is 0.254 e. The number of aromatic nitrogens is 4. The molecule has 0 unspecified atom stereocenters. The maximum atomic E-state index is 14.6. The number of carbonyl (C=O) groups is 1. The topological polar surface area (TPSA) is 86.5 Å². The summed E-state index contributed by atoms with van der Waals surface area (Å²) in [6, 6.07) is 2.90. The summed E-state index contributed by atoms with van der Waals surface area (Å²) in [4.78, 5) is 27.3. The number of rotatable bonds is 5. The Labute approximate surface area is 168 Å². The van der Waals surface area contributed by atoms with Crippen LogP contribution in [0.4, 0.5) is 4.39 Å². The predicted octanol–water partition coefficient (Wildman–Crippen LogP) is 3.85. The van der Waals surface area contributed by atoms with Gasteiger partial charge in [0.1, 0.15) is 11.6 Å². The number of aromatic amines is 2. The Kier molecular flexibility index (Phi) is 4.08. The first-order valence-corrected chi connectivity index (χ1v) is 10.1. The first-order chi connectivity index (χ1) is 13.9. The summed E-state index contributed by atoms with van der Waals surface area (Å²) in [5.41, 5.74) is 3.67. The fourth-order valence-corrected chi connectivity index (χ4v) is 4.79. The third kappa shape index (κ3) is 2.96. The second kappa shape index (κ2) is 6.54. The summed E-state index contributed by atoms with van der Waals surface area (Å²) < 4.78 is 14.6. The molecule has 3 aromatic rings. The molecule has 2 bridgehead atoms. The van der Waals surface area contributed by atoms with Crippen molar-refractivity contribution in [2.45, 2.75) is 33.1 Å². The number of carbonyl (C=O) groups excluding carboxylic acids is 1. The van der Waals surface area contributed by atoms with Gasteiger partial charge in [-0.05, 0) is 41.7 Å². The number of nitrogens with one attached hydrogen (secondary N) is 3. The Morgan fingerprint density at radius 2 is 2.24 bits per heavy atom. The van der Waals surface area contributed by atoms with Crippen molar-refractivity contribution in [3.63, 3.8) is 0 Å². The van der Waals surface area contributed by atoms with Crippen LogP contribution in [0.3, 0.4) is 0 Å². The average Bonchev–Trinajstić information content (AvgIpc) is 3.36. The number of allylic oxidation sites excluding steroid dienone is 2. The molecule has 6 nitrogen and oxygen atoms in total. The summed E-state index contributed by atoms with van der Waals surface area (Å²) in [6.07, 6.45) is 8.42. The van der Waals surface area contributed by atoms with E-state index in [0.717, 1.165) is 23.9 Å². The first kappa shape index (κ1) is 18.1. The van der Waals surface area contributed by atoms with Gasteiger partial charge in [-0.15, -0.1) is 0 Å². The number of hydrogen-bond acceptors (Lipinski definition) is 3. The lowest BCUT2D eigenvalue weighted by Crippen LogP contribution is -2.47. The fraction of sp³-hybridized carbons (Fsp3) is 0.409. The Balaban J connectivity index is 1.37. The molecule has 0 spiro atoms. The molecule has 2 atom stereocenters. The third-order valence-electron chi connectivity index (χ3n) is 6.79. The Bertz CT molecular complexity index is 1110. The first-order valence-electron chi connectivity index (χ1n) is 10.1. The van der Waals surface area contributed by atoms with Crippen molar-refractivity contribution < 1.29 is 9.18 Å². The fourth-order valence-electron chi connectivity index (χ4n) is 4.79. The molecule has 1 fully saturated rings. The van der Waals surface area contributed by atoms with E-state index >= 15 is 0 Å². The van der Waals surface area contributed by atoms with Crippen LogP contribution in [0.25, 0.3) is 16.6 Å². The van der Waals surface area contributed by atoms with Gasteiger partial charge in [0.05, 0.1) is 22.9 Å². The van der Waals surface area contributed by atoms with Gasteiger partial charge in [0.2, 0.25) is 0 Å². The van der Waals surface area contributed by atoms with Gasteiger partial charge in [-0.3, -0.25) is 4.79 Å². The maximum Gasteiger partial charge on any atom is 0.254 e. The molecule has 2 aromatic heterocycles. The number of hydrogen-bond donors (Lipinski definition) is 3. The molecule has 6 rings (SSSR count). The summed E-state index contributed by atoms with van der Waals surface area (Å²) >= 11 is 0. The highest BCUT2D eigenvalue weighted by molar-refractivity contribution is 5.98. The van der Waals surface area contributed by atoms with Crippen LogP contribution < -0.4 is 5.32 Å². The van der Waals surface area contributed by atoms with E-state index in [-0.39, 0.29) is 11.0 Å². The molecule has 2 heterocycles. The van der Waals surface area contributed by atoms with Gasteiger partial charge in [-0.1, -0.05) is 19.9 Å². The van der Waals surface area contributed by atoms with Gasteiger partial charge in [0.15, 0.2) is 0 Å². The molecule has 3 aliphatic rings. The van der Waals surface area contributed by atoms with E-state index in [9.17, 15) is 9.18 Å². The number of nitrogens with zero attached hydrogens (tertiary/aromatic N) is 2. The molecule has 0 radical (unpaired) electrons. The number of H-pyrrole nitrogens is 2. The van der Waals surface area contributed by atoms with Gasteiger partial charge in [-0.2, -0.15) is 0 Å². The van der Waals surface area contributed by atoms with Crippen molar-refractivity contribution in [1.29, 1.82) is 0 Å². The summed E-state index contributed by atoms with van der Waals surface area (Å²) in [7, 11) is 0. The van der Waals surface area contributed by atoms with Crippen molar-refractivity contribution in [2.24, 2.45) is 17.3 Å². The van der Waals surface area contributed by atoms with E-state index in [0.29, 0.717) is 29.9 Å². The van der Waals surface area contributed by atoms with Gasteiger partial charge in [0, 0.05) is 30.9 Å². The quantitative estimate of drug-likeness (QED) is 0.615. The molecular weight excluding hydrogens is 369 g/mol. The van der Waals surface area contributed by atoms with E-state index in [4.69, 9.17) is 4.98 Å². The van der Waals surface area contributed by atoms with E-state index in [1.165, 1.54) is 24.1 Å². The van der Waals surface area contributed by atoms with Gasteiger partial charge in [-0.25, -0.2) is 14.4 Å². The third-order valence-corrected chi connectivity index (χ3v) is 6.79. The van der Waals surface area contributed by atoms with E-state index in [2.05, 4.69) is 40.2 Å². The summed E-state index contributed by atoms with van der Waals surface area (Å²) in [5, 5.41) is 2.76. The SMILES string of the molecule is CC1(C)[C@H]2CC=C(c3nc4cc(C(=O)NCCc5cnc[nH]5)c(F)cc4[nH]3)[C@@H]1C2. The molecular formula is C22H24FN5O. The second-order valence-electron chi connectivity index (χ2n) is 8.72. The van der Waals surface area contributed by atoms with Crippen molar-refractivity contribution in [3.05, 3.63) is 53.6 Å². The minimum atomic E-state index is -0.548. The highest BCUT2D eigenvalue weighted by Gasteiger charge is 2.51. The minimum absolute atomic E-state index is 0.0156. The van der Waals surface area contributed by atoms with Crippen LogP contribution in [0.1, 0.15) is 48.6 Å². The molecule has 1 saturated carbocycles. The van der Waals surface area contributed by atoms with Gasteiger partial charge >= 0.3 is 0 Å². The van der Waals surface area contributed by atoms with Crippen molar-refractivity contribution in [3.8, 4) is 0 Å². The summed E-state index contributed by atoms with van der Waals surface area (Å²) in [6.45, 7) is 5.02. The molecule has 29 heavy (non-hydrogen) atoms. The van der Waals surface area contributed by atoms with Gasteiger partial charge < -0.3 is 15.3 Å². The highest BCUT2D eigenvalue weighted by atomic mass is 19.1. The summed E-state index contributed by atoms with van der Waals surface area (Å²) in [5.74, 6) is 1.04. The van der Waals surface area contributed by atoms with Crippen LogP contribution >= 0.6 is 0 Å². The number of halogens is 1. The Morgan fingerprint density at radius 1 is 1.38 bits per heavy atom. The van der Waals surface area contributed by atoms with Crippen LogP contribution in [-0.4, -0.2) is 32.4 Å². The molecule has 0 saturated heterocycles. The van der Waals surface area contributed by atoms with E-state index in [1.807, 2.05) is 0 Å². The molecule has 0 aliphatic heterocycles. The Morgan fingerprint density at radius 3 is 2.97 bits per heavy atom. The molecule has 1 amide bonds. The molecule has 150 valence electrons. The minimum Gasteiger partial charge on any atom is -0.352 e. The molecule has 3 N–H and O–H groups in total. The number of amides is 1. The standard InChI is InChI=1S/C22H24FN5O/c1-22(2)12-3-4-14(16(22)7-12)20-27-18-8-15(17(23)9-19(18)28-20)21(29)25-6-5-13-10-24-11-26-13/h4,8-12,16H,3,5-7H2,1-2H3,(H,24,26)(H,25,29)(H,27,28)/t12-,16-/m0/s1. The maximum absolute atomic E-state index is 14.6. The highest BCUT2D eigenvalue weighted by Crippen LogP contribution is 2.61.